The van der Waals surface area contributed by atoms with Crippen LogP contribution < -0.4 is 0 Å². The molecule has 3 aromatic heterocycles. The van der Waals surface area contributed by atoms with Crippen molar-refractivity contribution in [2.24, 2.45) is 7.05 Å². The van der Waals surface area contributed by atoms with Crippen LogP contribution in [0.25, 0.3) is 11.6 Å². The van der Waals surface area contributed by atoms with Crippen molar-refractivity contribution in [3.63, 3.8) is 0 Å². The van der Waals surface area contributed by atoms with Gasteiger partial charge in [0.1, 0.15) is 0 Å². The van der Waals surface area contributed by atoms with Crippen molar-refractivity contribution in [2.45, 2.75) is 13.2 Å². The molecule has 0 fully saturated rings. The molecule has 3 rings (SSSR count). The largest absolute Gasteiger partial charge is 0.461 e. The van der Waals surface area contributed by atoms with E-state index in [9.17, 15) is 0 Å². The van der Waals surface area contributed by atoms with Gasteiger partial charge in [-0.15, -0.1) is 23.0 Å². The van der Waals surface area contributed by atoms with Gasteiger partial charge in [-0.3, -0.25) is 4.90 Å². The quantitative estimate of drug-likeness (QED) is 0.444. The molecule has 0 unspecified atom stereocenters. The molecule has 3 aromatic rings. The van der Waals surface area contributed by atoms with Crippen LogP contribution in [0.4, 0.5) is 0 Å². The molecular formula is C16H17ClN4OS2. The number of aromatic nitrogens is 3. The number of halogens is 1. The molecule has 5 nitrogen and oxygen atoms in total. The van der Waals surface area contributed by atoms with E-state index in [-0.39, 0.29) is 0 Å². The maximum Gasteiger partial charge on any atom is 0.199 e. The first-order valence-corrected chi connectivity index (χ1v) is 8.94. The SMILES string of the molecule is C=CCN(Cc1ccc(Cl)s1)Cn1nc(-c2ccco2)n(C)c1=S. The number of thiophene rings is 1. The lowest BCUT2D eigenvalue weighted by Gasteiger charge is -2.19. The van der Waals surface area contributed by atoms with E-state index in [1.807, 2.05) is 42.0 Å². The highest BCUT2D eigenvalue weighted by atomic mass is 35.5. The monoisotopic (exact) mass is 380 g/mol. The fourth-order valence-corrected chi connectivity index (χ4v) is 3.72. The smallest absolute Gasteiger partial charge is 0.199 e. The third-order valence-electron chi connectivity index (χ3n) is 3.51. The van der Waals surface area contributed by atoms with E-state index in [0.29, 0.717) is 23.0 Å². The van der Waals surface area contributed by atoms with Crippen molar-refractivity contribution in [2.75, 3.05) is 6.54 Å². The first-order valence-electron chi connectivity index (χ1n) is 7.33. The second kappa shape index (κ2) is 7.48. The Morgan fingerprint density at radius 3 is 2.92 bits per heavy atom. The van der Waals surface area contributed by atoms with Gasteiger partial charge in [-0.1, -0.05) is 17.7 Å². The summed E-state index contributed by atoms with van der Waals surface area (Å²) in [4.78, 5) is 3.39. The summed E-state index contributed by atoms with van der Waals surface area (Å²) in [6.07, 6.45) is 3.50. The Hall–Kier alpha value is -1.67. The molecule has 3 heterocycles. The van der Waals surface area contributed by atoms with Crippen molar-refractivity contribution in [3.05, 3.63) is 57.2 Å². The normalized spacial score (nSPS) is 11.3. The molecule has 0 aliphatic heterocycles. The maximum atomic E-state index is 6.02. The van der Waals surface area contributed by atoms with Crippen molar-refractivity contribution in [1.29, 1.82) is 0 Å². The number of rotatable bonds is 7. The summed E-state index contributed by atoms with van der Waals surface area (Å²) < 4.78 is 10.5. The van der Waals surface area contributed by atoms with E-state index in [1.54, 1.807) is 22.3 Å². The van der Waals surface area contributed by atoms with E-state index in [4.69, 9.17) is 28.2 Å². The van der Waals surface area contributed by atoms with E-state index in [1.165, 1.54) is 4.88 Å². The van der Waals surface area contributed by atoms with Crippen LogP contribution in [0.15, 0.2) is 47.6 Å². The number of nitrogens with zero attached hydrogens (tertiary/aromatic N) is 4. The minimum atomic E-state index is 0.564. The number of furan rings is 1. The second-order valence-electron chi connectivity index (χ2n) is 5.29. The van der Waals surface area contributed by atoms with Crippen LogP contribution in [0.2, 0.25) is 4.34 Å². The van der Waals surface area contributed by atoms with Gasteiger partial charge in [0, 0.05) is 25.0 Å². The zero-order chi connectivity index (χ0) is 17.1. The summed E-state index contributed by atoms with van der Waals surface area (Å²) in [7, 11) is 1.89. The van der Waals surface area contributed by atoms with Crippen molar-refractivity contribution >= 4 is 35.2 Å². The third-order valence-corrected chi connectivity index (χ3v) is 5.21. The van der Waals surface area contributed by atoms with E-state index < -0.39 is 0 Å². The van der Waals surface area contributed by atoms with Crippen LogP contribution >= 0.6 is 35.2 Å². The average Bonchev–Trinajstić information content (AvgIpc) is 3.26. The van der Waals surface area contributed by atoms with Gasteiger partial charge in [0.05, 0.1) is 17.3 Å². The maximum absolute atomic E-state index is 6.02. The first-order chi connectivity index (χ1) is 11.6. The Kier molecular flexibility index (Phi) is 5.35. The number of hydrogen-bond donors (Lipinski definition) is 0. The predicted octanol–water partition coefficient (Wildman–Crippen LogP) is 4.57. The minimum Gasteiger partial charge on any atom is -0.461 e. The van der Waals surface area contributed by atoms with Crippen LogP contribution in [0.3, 0.4) is 0 Å². The summed E-state index contributed by atoms with van der Waals surface area (Å²) >= 11 is 13.1. The lowest BCUT2D eigenvalue weighted by molar-refractivity contribution is 0.220. The predicted molar refractivity (Wildman–Crippen MR) is 99.7 cm³/mol. The van der Waals surface area contributed by atoms with Crippen molar-refractivity contribution in [1.82, 2.24) is 19.2 Å². The summed E-state index contributed by atoms with van der Waals surface area (Å²) in [6, 6.07) is 7.66. The molecule has 0 amide bonds. The Morgan fingerprint density at radius 1 is 1.46 bits per heavy atom. The van der Waals surface area contributed by atoms with Crippen LogP contribution in [0, 0.1) is 4.77 Å². The Balaban J connectivity index is 1.83. The van der Waals surface area contributed by atoms with Gasteiger partial charge in [-0.05, 0) is 36.5 Å². The Bertz CT molecular complexity index is 878. The summed E-state index contributed by atoms with van der Waals surface area (Å²) in [5.74, 6) is 1.41. The highest BCUT2D eigenvalue weighted by Gasteiger charge is 2.15. The molecule has 0 atom stereocenters. The highest BCUT2D eigenvalue weighted by molar-refractivity contribution is 7.71. The van der Waals surface area contributed by atoms with Crippen LogP contribution in [-0.2, 0) is 20.3 Å². The molecule has 8 heteroatoms. The van der Waals surface area contributed by atoms with Gasteiger partial charge in [-0.25, -0.2) is 4.68 Å². The summed E-state index contributed by atoms with van der Waals surface area (Å²) in [6.45, 7) is 5.89. The Morgan fingerprint density at radius 2 is 2.29 bits per heavy atom. The molecule has 0 radical (unpaired) electrons. The van der Waals surface area contributed by atoms with E-state index >= 15 is 0 Å². The topological polar surface area (TPSA) is 39.1 Å². The molecule has 0 aromatic carbocycles. The van der Waals surface area contributed by atoms with Gasteiger partial charge in [0.25, 0.3) is 0 Å². The van der Waals surface area contributed by atoms with Gasteiger partial charge < -0.3 is 8.98 Å². The molecule has 126 valence electrons. The molecule has 0 N–H and O–H groups in total. The number of hydrogen-bond acceptors (Lipinski definition) is 5. The second-order valence-corrected chi connectivity index (χ2v) is 7.45. The average molecular weight is 381 g/mol. The lowest BCUT2D eigenvalue weighted by atomic mass is 10.4. The van der Waals surface area contributed by atoms with E-state index in [2.05, 4.69) is 16.6 Å². The van der Waals surface area contributed by atoms with Crippen LogP contribution in [0.1, 0.15) is 4.88 Å². The van der Waals surface area contributed by atoms with E-state index in [0.717, 1.165) is 17.4 Å². The van der Waals surface area contributed by atoms with Crippen LogP contribution in [0.5, 0.6) is 0 Å². The van der Waals surface area contributed by atoms with Crippen molar-refractivity contribution in [3.8, 4) is 11.6 Å². The molecule has 0 aliphatic rings. The standard InChI is InChI=1S/C16H17ClN4OS2/c1-3-8-20(10-12-6-7-14(17)24-12)11-21-16(23)19(2)15(18-21)13-5-4-9-22-13/h3-7,9H,1,8,10-11H2,2H3. The zero-order valence-electron chi connectivity index (χ0n) is 13.2. The minimum absolute atomic E-state index is 0.564. The third kappa shape index (κ3) is 3.70. The highest BCUT2D eigenvalue weighted by Crippen LogP contribution is 2.23. The Labute approximate surface area is 154 Å². The lowest BCUT2D eigenvalue weighted by Crippen LogP contribution is -2.26. The molecule has 0 saturated heterocycles. The molecule has 0 saturated carbocycles. The van der Waals surface area contributed by atoms with Gasteiger partial charge >= 0.3 is 0 Å². The molecular weight excluding hydrogens is 364 g/mol. The summed E-state index contributed by atoms with van der Waals surface area (Å²) in [5, 5.41) is 4.60. The van der Waals surface area contributed by atoms with Gasteiger partial charge in [0.2, 0.25) is 0 Å². The fourth-order valence-electron chi connectivity index (χ4n) is 2.40. The molecule has 0 spiro atoms. The van der Waals surface area contributed by atoms with Crippen molar-refractivity contribution < 1.29 is 4.42 Å². The summed E-state index contributed by atoms with van der Waals surface area (Å²) in [5.41, 5.74) is 0. The van der Waals surface area contributed by atoms with Gasteiger partial charge in [-0.2, -0.15) is 0 Å². The molecule has 24 heavy (non-hydrogen) atoms. The van der Waals surface area contributed by atoms with Crippen LogP contribution in [-0.4, -0.2) is 25.8 Å². The zero-order valence-corrected chi connectivity index (χ0v) is 15.6. The van der Waals surface area contributed by atoms with Gasteiger partial charge in [0.15, 0.2) is 16.4 Å². The molecule has 0 aliphatic carbocycles. The fraction of sp³-hybridized carbons (Fsp3) is 0.250. The first kappa shape index (κ1) is 17.2. The molecule has 0 bridgehead atoms.